The average Bonchev–Trinajstić information content (AvgIpc) is 3.20. The summed E-state index contributed by atoms with van der Waals surface area (Å²) in [5.74, 6) is 0.721. The van der Waals surface area contributed by atoms with Crippen LogP contribution in [0.1, 0.15) is 22.5 Å². The van der Waals surface area contributed by atoms with E-state index >= 15 is 0 Å². The fourth-order valence-electron chi connectivity index (χ4n) is 2.61. The Bertz CT molecular complexity index is 1040. The zero-order chi connectivity index (χ0) is 21.5. The van der Waals surface area contributed by atoms with Gasteiger partial charge in [0.15, 0.2) is 5.13 Å². The standard InChI is InChI=1S/C21H20ClN3O4S/c1-28-16-8-9-17(18(11-16)29-2)24-19(26)10-7-15-12-30-21(23-15)25-20(27)13-3-5-14(22)6-4-13/h3-6,8-9,11-12H,7,10H2,1-2H3,(H,24,26)(H,23,25,27). The molecule has 1 heterocycles. The molecule has 0 bridgehead atoms. The van der Waals surface area contributed by atoms with Gasteiger partial charge in [0.05, 0.1) is 25.6 Å². The van der Waals surface area contributed by atoms with Crippen LogP contribution in [-0.2, 0) is 11.2 Å². The third-order valence-corrected chi connectivity index (χ3v) is 5.23. The Balaban J connectivity index is 1.53. The maximum Gasteiger partial charge on any atom is 0.257 e. The number of methoxy groups -OCH3 is 2. The second-order valence-corrected chi connectivity index (χ2v) is 7.51. The molecule has 0 aliphatic heterocycles. The van der Waals surface area contributed by atoms with E-state index in [1.165, 1.54) is 18.4 Å². The van der Waals surface area contributed by atoms with Gasteiger partial charge in [-0.1, -0.05) is 11.6 Å². The smallest absolute Gasteiger partial charge is 0.257 e. The molecule has 0 fully saturated rings. The van der Waals surface area contributed by atoms with Crippen molar-refractivity contribution in [3.63, 3.8) is 0 Å². The fraction of sp³-hybridized carbons (Fsp3) is 0.190. The van der Waals surface area contributed by atoms with E-state index in [-0.39, 0.29) is 18.2 Å². The molecule has 7 nitrogen and oxygen atoms in total. The minimum absolute atomic E-state index is 0.168. The van der Waals surface area contributed by atoms with Gasteiger partial charge in [0.25, 0.3) is 5.91 Å². The summed E-state index contributed by atoms with van der Waals surface area (Å²) in [5, 5.41) is 8.43. The number of aryl methyl sites for hydroxylation is 1. The highest BCUT2D eigenvalue weighted by Gasteiger charge is 2.12. The number of hydrogen-bond acceptors (Lipinski definition) is 6. The molecule has 156 valence electrons. The molecule has 9 heteroatoms. The van der Waals surface area contributed by atoms with Gasteiger partial charge in [-0.25, -0.2) is 4.98 Å². The predicted octanol–water partition coefficient (Wildman–Crippen LogP) is 4.64. The summed E-state index contributed by atoms with van der Waals surface area (Å²) < 4.78 is 10.4. The van der Waals surface area contributed by atoms with Crippen LogP contribution in [-0.4, -0.2) is 31.0 Å². The van der Waals surface area contributed by atoms with Gasteiger partial charge in [-0.2, -0.15) is 0 Å². The number of anilines is 2. The highest BCUT2D eigenvalue weighted by atomic mass is 35.5. The van der Waals surface area contributed by atoms with Crippen molar-refractivity contribution in [1.82, 2.24) is 4.98 Å². The molecule has 0 unspecified atom stereocenters. The molecule has 0 saturated heterocycles. The van der Waals surface area contributed by atoms with Crippen LogP contribution >= 0.6 is 22.9 Å². The van der Waals surface area contributed by atoms with Crippen molar-refractivity contribution in [3.8, 4) is 11.5 Å². The molecular weight excluding hydrogens is 426 g/mol. The Morgan fingerprint density at radius 2 is 1.83 bits per heavy atom. The number of thiazole rings is 1. The minimum Gasteiger partial charge on any atom is -0.497 e. The molecule has 2 aromatic carbocycles. The van der Waals surface area contributed by atoms with E-state index in [4.69, 9.17) is 21.1 Å². The molecule has 0 spiro atoms. The predicted molar refractivity (Wildman–Crippen MR) is 118 cm³/mol. The van der Waals surface area contributed by atoms with E-state index in [0.717, 1.165) is 5.69 Å². The second kappa shape index (κ2) is 10.1. The van der Waals surface area contributed by atoms with Crippen LogP contribution in [0.4, 0.5) is 10.8 Å². The molecule has 30 heavy (non-hydrogen) atoms. The van der Waals surface area contributed by atoms with E-state index in [9.17, 15) is 9.59 Å². The first-order valence-corrected chi connectivity index (χ1v) is 10.3. The molecule has 3 rings (SSSR count). The first-order valence-electron chi connectivity index (χ1n) is 9.01. The van der Waals surface area contributed by atoms with Gasteiger partial charge >= 0.3 is 0 Å². The maximum absolute atomic E-state index is 12.3. The van der Waals surface area contributed by atoms with Crippen molar-refractivity contribution >= 4 is 45.6 Å². The highest BCUT2D eigenvalue weighted by Crippen LogP contribution is 2.29. The van der Waals surface area contributed by atoms with Gasteiger partial charge in [-0.05, 0) is 42.8 Å². The van der Waals surface area contributed by atoms with Crippen molar-refractivity contribution < 1.29 is 19.1 Å². The molecule has 0 saturated carbocycles. The lowest BCUT2D eigenvalue weighted by Crippen LogP contribution is -2.13. The van der Waals surface area contributed by atoms with Crippen molar-refractivity contribution in [2.24, 2.45) is 0 Å². The molecule has 0 aliphatic rings. The van der Waals surface area contributed by atoms with E-state index in [1.807, 2.05) is 5.38 Å². The van der Waals surface area contributed by atoms with Crippen LogP contribution in [0.25, 0.3) is 0 Å². The van der Waals surface area contributed by atoms with Gasteiger partial charge < -0.3 is 14.8 Å². The molecule has 2 amide bonds. The molecule has 0 aliphatic carbocycles. The summed E-state index contributed by atoms with van der Waals surface area (Å²) in [6.07, 6.45) is 0.682. The van der Waals surface area contributed by atoms with Crippen molar-refractivity contribution in [2.75, 3.05) is 24.9 Å². The molecular formula is C21H20ClN3O4S. The molecule has 3 aromatic rings. The number of halogens is 1. The zero-order valence-corrected chi connectivity index (χ0v) is 18.0. The van der Waals surface area contributed by atoms with Crippen LogP contribution in [0.5, 0.6) is 11.5 Å². The average molecular weight is 446 g/mol. The number of nitrogens with one attached hydrogen (secondary N) is 2. The van der Waals surface area contributed by atoms with Gasteiger partial charge in [0.1, 0.15) is 11.5 Å². The van der Waals surface area contributed by atoms with Gasteiger partial charge in [-0.15, -0.1) is 11.3 Å². The third-order valence-electron chi connectivity index (χ3n) is 4.17. The van der Waals surface area contributed by atoms with Crippen molar-refractivity contribution in [2.45, 2.75) is 12.8 Å². The molecule has 0 atom stereocenters. The normalized spacial score (nSPS) is 10.4. The summed E-state index contributed by atoms with van der Waals surface area (Å²) in [4.78, 5) is 28.9. The van der Waals surface area contributed by atoms with Gasteiger partial charge in [0.2, 0.25) is 5.91 Å². The lowest BCUT2D eigenvalue weighted by molar-refractivity contribution is -0.116. The van der Waals surface area contributed by atoms with Crippen LogP contribution in [0.2, 0.25) is 5.02 Å². The summed E-state index contributed by atoms with van der Waals surface area (Å²) in [6, 6.07) is 11.8. The first-order chi connectivity index (χ1) is 14.5. The molecule has 2 N–H and O–H groups in total. The van der Waals surface area contributed by atoms with Gasteiger partial charge in [0, 0.05) is 28.5 Å². The minimum atomic E-state index is -0.267. The Morgan fingerprint density at radius 1 is 1.07 bits per heavy atom. The number of nitrogens with zero attached hydrogens (tertiary/aromatic N) is 1. The summed E-state index contributed by atoms with van der Waals surface area (Å²) in [7, 11) is 3.09. The molecule has 0 radical (unpaired) electrons. The number of carbonyl (C=O) groups excluding carboxylic acids is 2. The SMILES string of the molecule is COc1ccc(NC(=O)CCc2csc(NC(=O)c3ccc(Cl)cc3)n2)c(OC)c1. The Morgan fingerprint density at radius 3 is 2.53 bits per heavy atom. The van der Waals surface area contributed by atoms with Crippen LogP contribution in [0, 0.1) is 0 Å². The summed E-state index contributed by atoms with van der Waals surface area (Å²) >= 11 is 7.14. The monoisotopic (exact) mass is 445 g/mol. The number of aromatic nitrogens is 1. The number of carbonyl (C=O) groups is 2. The molecule has 1 aromatic heterocycles. The van der Waals surface area contributed by atoms with Crippen LogP contribution in [0.3, 0.4) is 0 Å². The van der Waals surface area contributed by atoms with E-state index in [1.54, 1.807) is 49.6 Å². The number of rotatable bonds is 8. The quantitative estimate of drug-likeness (QED) is 0.527. The van der Waals surface area contributed by atoms with E-state index in [2.05, 4.69) is 15.6 Å². The van der Waals surface area contributed by atoms with Gasteiger partial charge in [-0.3, -0.25) is 14.9 Å². The third kappa shape index (κ3) is 5.71. The van der Waals surface area contributed by atoms with Crippen molar-refractivity contribution in [1.29, 1.82) is 0 Å². The summed E-state index contributed by atoms with van der Waals surface area (Å²) in [5.41, 5.74) is 1.78. The lowest BCUT2D eigenvalue weighted by atomic mass is 10.2. The Labute approximate surface area is 183 Å². The topological polar surface area (TPSA) is 89.6 Å². The highest BCUT2D eigenvalue weighted by molar-refractivity contribution is 7.14. The second-order valence-electron chi connectivity index (χ2n) is 6.22. The Kier molecular flexibility index (Phi) is 7.26. The number of amides is 2. The lowest BCUT2D eigenvalue weighted by Gasteiger charge is -2.11. The number of benzene rings is 2. The maximum atomic E-state index is 12.3. The van der Waals surface area contributed by atoms with Crippen molar-refractivity contribution in [3.05, 3.63) is 64.1 Å². The Hall–Kier alpha value is -3.10. The number of hydrogen-bond donors (Lipinski definition) is 2. The van der Waals surface area contributed by atoms with Crippen LogP contribution in [0.15, 0.2) is 47.8 Å². The first kappa shape index (κ1) is 21.6. The number of ether oxygens (including phenoxy) is 2. The fourth-order valence-corrected chi connectivity index (χ4v) is 3.47. The zero-order valence-electron chi connectivity index (χ0n) is 16.4. The van der Waals surface area contributed by atoms with Crippen LogP contribution < -0.4 is 20.1 Å². The van der Waals surface area contributed by atoms with E-state index in [0.29, 0.717) is 39.3 Å². The largest absolute Gasteiger partial charge is 0.497 e. The summed E-state index contributed by atoms with van der Waals surface area (Å²) in [6.45, 7) is 0. The van der Waals surface area contributed by atoms with E-state index < -0.39 is 0 Å².